The summed E-state index contributed by atoms with van der Waals surface area (Å²) in [4.78, 5) is 0. The van der Waals surface area contributed by atoms with Crippen LogP contribution < -0.4 is 0 Å². The molecule has 96 valence electrons. The highest BCUT2D eigenvalue weighted by Gasteiger charge is 2.16. The lowest BCUT2D eigenvalue weighted by molar-refractivity contribution is 0.120. The molecule has 0 atom stereocenters. The number of aromatic hydroxyl groups is 3. The lowest BCUT2D eigenvalue weighted by Crippen LogP contribution is -1.99. The van der Waals surface area contributed by atoms with Crippen molar-refractivity contribution in [2.75, 3.05) is 12.9 Å². The Labute approximate surface area is 105 Å². The van der Waals surface area contributed by atoms with Gasteiger partial charge >= 0.3 is 0 Å². The summed E-state index contributed by atoms with van der Waals surface area (Å²) >= 11 is 1.53. The van der Waals surface area contributed by atoms with Gasteiger partial charge in [0.2, 0.25) is 5.75 Å². The number of ether oxygens (including phenoxy) is 1. The minimum atomic E-state index is -0.465. The largest absolute Gasteiger partial charge is 0.504 e. The monoisotopic (exact) mass is 258 g/mol. The van der Waals surface area contributed by atoms with Crippen LogP contribution in [0, 0.1) is 0 Å². The summed E-state index contributed by atoms with van der Waals surface area (Å²) in [6, 6.07) is 1.44. The van der Waals surface area contributed by atoms with Crippen molar-refractivity contribution in [3.63, 3.8) is 0 Å². The van der Waals surface area contributed by atoms with E-state index >= 15 is 0 Å². The first kappa shape index (κ1) is 14.0. The summed E-state index contributed by atoms with van der Waals surface area (Å²) in [6.07, 6.45) is 2.81. The molecule has 0 saturated carbocycles. The van der Waals surface area contributed by atoms with Gasteiger partial charge in [0.05, 0.1) is 6.61 Å². The fourth-order valence-corrected chi connectivity index (χ4v) is 2.11. The third kappa shape index (κ3) is 3.44. The maximum Gasteiger partial charge on any atom is 0.200 e. The molecular formula is C12H18O4S. The van der Waals surface area contributed by atoms with Crippen molar-refractivity contribution in [1.82, 2.24) is 0 Å². The average Bonchev–Trinajstić information content (AvgIpc) is 2.31. The van der Waals surface area contributed by atoms with E-state index in [4.69, 9.17) is 4.74 Å². The third-order valence-electron chi connectivity index (χ3n) is 2.35. The highest BCUT2D eigenvalue weighted by molar-refractivity contribution is 7.97. The van der Waals surface area contributed by atoms with Crippen LogP contribution in [0.25, 0.3) is 0 Å². The number of phenols is 3. The highest BCUT2D eigenvalue weighted by atomic mass is 32.2. The number of hydrogen-bond donors (Lipinski definition) is 3. The fraction of sp³-hybridized carbons (Fsp3) is 0.500. The first-order chi connectivity index (χ1) is 8.11. The van der Waals surface area contributed by atoms with Gasteiger partial charge in [-0.05, 0) is 24.3 Å². The maximum atomic E-state index is 9.77. The molecule has 0 radical (unpaired) electrons. The van der Waals surface area contributed by atoms with Crippen LogP contribution in [0.1, 0.15) is 24.5 Å². The first-order valence-corrected chi connectivity index (χ1v) is 6.83. The van der Waals surface area contributed by atoms with E-state index in [1.807, 2.05) is 13.2 Å². The minimum absolute atomic E-state index is 0.255. The number of phenolic OH excluding ortho intramolecular Hbond substituents is 3. The van der Waals surface area contributed by atoms with Gasteiger partial charge in [0, 0.05) is 17.9 Å². The Bertz CT molecular complexity index is 379. The molecule has 0 unspecified atom stereocenters. The predicted octanol–water partition coefficient (Wildman–Crippen LogP) is 2.59. The van der Waals surface area contributed by atoms with Crippen LogP contribution in [0.15, 0.2) is 6.07 Å². The van der Waals surface area contributed by atoms with Gasteiger partial charge in [-0.25, -0.2) is 0 Å². The summed E-state index contributed by atoms with van der Waals surface area (Å²) in [5, 5.41) is 28.7. The van der Waals surface area contributed by atoms with E-state index in [0.29, 0.717) is 30.1 Å². The summed E-state index contributed by atoms with van der Waals surface area (Å²) < 4.78 is 5.39. The van der Waals surface area contributed by atoms with E-state index in [2.05, 4.69) is 0 Å². The Hall–Kier alpha value is -1.07. The van der Waals surface area contributed by atoms with Gasteiger partial charge in [0.1, 0.15) is 0 Å². The molecule has 0 amide bonds. The molecule has 0 aliphatic heterocycles. The topological polar surface area (TPSA) is 69.9 Å². The van der Waals surface area contributed by atoms with Crippen molar-refractivity contribution < 1.29 is 20.1 Å². The Morgan fingerprint density at radius 3 is 2.53 bits per heavy atom. The second-order valence-corrected chi connectivity index (χ2v) is 4.58. The number of benzene rings is 1. The van der Waals surface area contributed by atoms with Crippen LogP contribution in [-0.4, -0.2) is 28.2 Å². The molecular weight excluding hydrogens is 240 g/mol. The summed E-state index contributed by atoms with van der Waals surface area (Å²) in [5.41, 5.74) is 1.32. The van der Waals surface area contributed by atoms with Crippen LogP contribution in [0.3, 0.4) is 0 Å². The quantitative estimate of drug-likeness (QED) is 0.540. The molecule has 0 fully saturated rings. The van der Waals surface area contributed by atoms with Gasteiger partial charge in [-0.3, -0.25) is 0 Å². The molecule has 1 aromatic rings. The second-order valence-electron chi connectivity index (χ2n) is 3.72. The number of hydrogen-bond acceptors (Lipinski definition) is 5. The van der Waals surface area contributed by atoms with E-state index in [1.54, 1.807) is 0 Å². The molecule has 0 spiro atoms. The summed E-state index contributed by atoms with van der Waals surface area (Å²) in [6.45, 7) is 2.96. The lowest BCUT2D eigenvalue weighted by atomic mass is 10.1. The first-order valence-electron chi connectivity index (χ1n) is 5.44. The molecule has 4 nitrogen and oxygen atoms in total. The molecule has 5 heteroatoms. The van der Waals surface area contributed by atoms with Gasteiger partial charge in [-0.2, -0.15) is 11.8 Å². The number of rotatable bonds is 6. The minimum Gasteiger partial charge on any atom is -0.504 e. The highest BCUT2D eigenvalue weighted by Crippen LogP contribution is 2.41. The lowest BCUT2D eigenvalue weighted by Gasteiger charge is -2.13. The van der Waals surface area contributed by atoms with Crippen molar-refractivity contribution >= 4 is 11.8 Å². The zero-order valence-electron chi connectivity index (χ0n) is 10.1. The summed E-state index contributed by atoms with van der Waals surface area (Å²) in [5.74, 6) is -0.477. The third-order valence-corrected chi connectivity index (χ3v) is 2.92. The van der Waals surface area contributed by atoms with Crippen LogP contribution in [0.2, 0.25) is 0 Å². The molecule has 0 heterocycles. The Balaban J connectivity index is 3.00. The molecule has 1 aromatic carbocycles. The van der Waals surface area contributed by atoms with Gasteiger partial charge in [-0.15, -0.1) is 0 Å². The zero-order chi connectivity index (χ0) is 12.8. The van der Waals surface area contributed by atoms with Crippen LogP contribution in [0.5, 0.6) is 17.2 Å². The smallest absolute Gasteiger partial charge is 0.200 e. The van der Waals surface area contributed by atoms with Gasteiger partial charge in [0.15, 0.2) is 11.5 Å². The maximum absolute atomic E-state index is 9.77. The zero-order valence-corrected chi connectivity index (χ0v) is 10.9. The van der Waals surface area contributed by atoms with Crippen molar-refractivity contribution in [2.45, 2.75) is 25.7 Å². The van der Waals surface area contributed by atoms with Crippen molar-refractivity contribution in [3.05, 3.63) is 17.2 Å². The molecule has 17 heavy (non-hydrogen) atoms. The number of thioether (sulfide) groups is 1. The van der Waals surface area contributed by atoms with Crippen LogP contribution in [0.4, 0.5) is 0 Å². The second kappa shape index (κ2) is 6.61. The molecule has 1 rings (SSSR count). The Morgan fingerprint density at radius 1 is 1.24 bits per heavy atom. The molecule has 0 aliphatic rings. The van der Waals surface area contributed by atoms with E-state index in [-0.39, 0.29) is 11.5 Å². The molecule has 3 N–H and O–H groups in total. The van der Waals surface area contributed by atoms with Gasteiger partial charge < -0.3 is 20.1 Å². The fourth-order valence-electron chi connectivity index (χ4n) is 1.50. The molecule has 0 saturated heterocycles. The molecule has 0 bridgehead atoms. The average molecular weight is 258 g/mol. The molecule has 0 aromatic heterocycles. The van der Waals surface area contributed by atoms with Crippen molar-refractivity contribution in [3.8, 4) is 17.2 Å². The van der Waals surface area contributed by atoms with Crippen molar-refractivity contribution in [1.29, 1.82) is 0 Å². The normalized spacial score (nSPS) is 10.7. The standard InChI is InChI=1S/C12H18O4S/c1-3-4-16-6-8-5-10(13)12(15)11(14)9(8)7-17-2/h5,13-15H,3-4,6-7H2,1-2H3. The van der Waals surface area contributed by atoms with E-state index in [1.165, 1.54) is 17.8 Å². The predicted molar refractivity (Wildman–Crippen MR) is 68.6 cm³/mol. The van der Waals surface area contributed by atoms with Crippen LogP contribution >= 0.6 is 11.8 Å². The molecule has 0 aliphatic carbocycles. The van der Waals surface area contributed by atoms with Crippen molar-refractivity contribution in [2.24, 2.45) is 0 Å². The van der Waals surface area contributed by atoms with E-state index in [0.717, 1.165) is 6.42 Å². The van der Waals surface area contributed by atoms with Gasteiger partial charge in [-0.1, -0.05) is 6.92 Å². The summed E-state index contributed by atoms with van der Waals surface area (Å²) in [7, 11) is 0. The van der Waals surface area contributed by atoms with Gasteiger partial charge in [0.25, 0.3) is 0 Å². The van der Waals surface area contributed by atoms with E-state index in [9.17, 15) is 15.3 Å². The SMILES string of the molecule is CCCOCc1cc(O)c(O)c(O)c1CSC. The Kier molecular flexibility index (Phi) is 5.44. The van der Waals surface area contributed by atoms with E-state index < -0.39 is 5.75 Å². The van der Waals surface area contributed by atoms with Crippen LogP contribution in [-0.2, 0) is 17.1 Å². The Morgan fingerprint density at radius 2 is 1.94 bits per heavy atom.